The summed E-state index contributed by atoms with van der Waals surface area (Å²) in [4.78, 5) is 2.42. The van der Waals surface area contributed by atoms with E-state index in [4.69, 9.17) is 0 Å². The minimum atomic E-state index is 1.11. The number of hydrogen-bond donors (Lipinski definition) is 0. The zero-order valence-corrected chi connectivity index (χ0v) is 31.4. The molecule has 11 aromatic rings. The number of thiophene rings is 1. The molecule has 0 fully saturated rings. The van der Waals surface area contributed by atoms with Crippen LogP contribution in [0.4, 0.5) is 17.1 Å². The second kappa shape index (κ2) is 13.4. The van der Waals surface area contributed by atoms with Crippen molar-refractivity contribution in [1.82, 2.24) is 0 Å². The molecule has 0 spiro atoms. The van der Waals surface area contributed by atoms with E-state index >= 15 is 0 Å². The molecule has 2 heteroatoms. The molecule has 1 aromatic heterocycles. The maximum Gasteiger partial charge on any atom is 0.0476 e. The molecule has 0 saturated heterocycles. The minimum absolute atomic E-state index is 1.11. The summed E-state index contributed by atoms with van der Waals surface area (Å²) in [6, 6.07) is 77.8. The van der Waals surface area contributed by atoms with Gasteiger partial charge in [0.2, 0.25) is 0 Å². The first kappa shape index (κ1) is 32.4. The van der Waals surface area contributed by atoms with Gasteiger partial charge in [-0.15, -0.1) is 11.3 Å². The Kier molecular flexibility index (Phi) is 7.75. The van der Waals surface area contributed by atoms with Crippen LogP contribution >= 0.6 is 11.3 Å². The van der Waals surface area contributed by atoms with E-state index in [0.717, 1.165) is 17.1 Å². The van der Waals surface area contributed by atoms with E-state index in [1.165, 1.54) is 85.9 Å². The number of fused-ring (bicyclic) bond motifs is 7. The van der Waals surface area contributed by atoms with Crippen LogP contribution in [0.3, 0.4) is 0 Å². The van der Waals surface area contributed by atoms with Gasteiger partial charge in [0.1, 0.15) is 0 Å². The van der Waals surface area contributed by atoms with Crippen LogP contribution < -0.4 is 4.90 Å². The van der Waals surface area contributed by atoms with E-state index in [0.29, 0.717) is 0 Å². The summed E-state index contributed by atoms with van der Waals surface area (Å²) in [5, 5.41) is 10.2. The Morgan fingerprint density at radius 2 is 0.821 bits per heavy atom. The molecule has 1 nitrogen and oxygen atoms in total. The van der Waals surface area contributed by atoms with Gasteiger partial charge in [-0.2, -0.15) is 0 Å². The van der Waals surface area contributed by atoms with Crippen molar-refractivity contribution in [3.05, 3.63) is 212 Å². The largest absolute Gasteiger partial charge is 0.310 e. The van der Waals surface area contributed by atoms with Gasteiger partial charge in [0.05, 0.1) is 0 Å². The number of rotatable bonds is 6. The van der Waals surface area contributed by atoms with Gasteiger partial charge >= 0.3 is 0 Å². The van der Waals surface area contributed by atoms with E-state index in [1.54, 1.807) is 0 Å². The third kappa shape index (κ3) is 5.38. The average molecular weight is 730 g/mol. The molecule has 0 bridgehead atoms. The van der Waals surface area contributed by atoms with Crippen LogP contribution in [0.15, 0.2) is 212 Å². The summed E-state index contributed by atoms with van der Waals surface area (Å²) in [5.41, 5.74) is 10.7. The predicted molar refractivity (Wildman–Crippen MR) is 243 cm³/mol. The van der Waals surface area contributed by atoms with Crippen molar-refractivity contribution in [2.24, 2.45) is 0 Å². The Labute approximate surface area is 330 Å². The molecule has 0 radical (unpaired) electrons. The van der Waals surface area contributed by atoms with Gasteiger partial charge in [-0.1, -0.05) is 170 Å². The van der Waals surface area contributed by atoms with Crippen LogP contribution in [0.1, 0.15) is 0 Å². The molecule has 0 atom stereocenters. The Morgan fingerprint density at radius 3 is 1.59 bits per heavy atom. The molecular formula is C54H35NS. The lowest BCUT2D eigenvalue weighted by molar-refractivity contribution is 1.29. The van der Waals surface area contributed by atoms with Crippen molar-refractivity contribution in [3.8, 4) is 33.4 Å². The van der Waals surface area contributed by atoms with E-state index in [1.807, 2.05) is 11.3 Å². The fourth-order valence-corrected chi connectivity index (χ4v) is 9.85. The van der Waals surface area contributed by atoms with Crippen molar-refractivity contribution in [3.63, 3.8) is 0 Å². The Hall–Kier alpha value is -7.00. The molecule has 0 aliphatic heterocycles. The van der Waals surface area contributed by atoms with E-state index in [9.17, 15) is 0 Å². The molecule has 11 rings (SSSR count). The Bertz CT molecular complexity index is 3240. The van der Waals surface area contributed by atoms with E-state index < -0.39 is 0 Å². The van der Waals surface area contributed by atoms with Crippen molar-refractivity contribution < 1.29 is 0 Å². The van der Waals surface area contributed by atoms with Gasteiger partial charge < -0.3 is 4.90 Å². The topological polar surface area (TPSA) is 3.24 Å². The Morgan fingerprint density at radius 1 is 0.286 bits per heavy atom. The smallest absolute Gasteiger partial charge is 0.0476 e. The molecule has 0 N–H and O–H groups in total. The highest BCUT2D eigenvalue weighted by Gasteiger charge is 2.20. The monoisotopic (exact) mass is 729 g/mol. The van der Waals surface area contributed by atoms with Crippen LogP contribution in [-0.2, 0) is 0 Å². The third-order valence-corrected chi connectivity index (χ3v) is 12.4. The van der Waals surface area contributed by atoms with Crippen LogP contribution in [-0.4, -0.2) is 0 Å². The highest BCUT2D eigenvalue weighted by Crippen LogP contribution is 2.47. The molecule has 10 aromatic carbocycles. The highest BCUT2D eigenvalue weighted by atomic mass is 32.1. The van der Waals surface area contributed by atoms with Crippen LogP contribution in [0.25, 0.3) is 85.9 Å². The third-order valence-electron chi connectivity index (χ3n) is 11.2. The van der Waals surface area contributed by atoms with Crippen molar-refractivity contribution >= 4 is 80.9 Å². The van der Waals surface area contributed by atoms with Gasteiger partial charge in [0, 0.05) is 37.2 Å². The molecule has 56 heavy (non-hydrogen) atoms. The first-order chi connectivity index (χ1) is 27.8. The van der Waals surface area contributed by atoms with Crippen LogP contribution in [0, 0.1) is 0 Å². The molecular weight excluding hydrogens is 695 g/mol. The lowest BCUT2D eigenvalue weighted by Gasteiger charge is -2.27. The molecule has 0 saturated carbocycles. The molecule has 0 amide bonds. The lowest BCUT2D eigenvalue weighted by atomic mass is 9.85. The van der Waals surface area contributed by atoms with Crippen LogP contribution in [0.5, 0.6) is 0 Å². The second-order valence-corrected chi connectivity index (χ2v) is 15.5. The lowest BCUT2D eigenvalue weighted by Crippen LogP contribution is -2.10. The molecule has 0 unspecified atom stereocenters. The standard InChI is InChI=1S/C54H35NS/c1-2-15-38(16-3-1)53-49-24-8-6-21-45(49)46-22-7-9-25-50(46)54(53)39-18-12-19-41(34-39)55(42-32-33-48-47-23-10-11-27-51(47)56-52(48)35-42)40-30-28-37(29-31-40)44-26-13-17-36-14-4-5-20-43(36)44/h1-35H. The second-order valence-electron chi connectivity index (χ2n) is 14.4. The summed E-state index contributed by atoms with van der Waals surface area (Å²) in [5.74, 6) is 0. The van der Waals surface area contributed by atoms with Gasteiger partial charge in [-0.3, -0.25) is 0 Å². The highest BCUT2D eigenvalue weighted by molar-refractivity contribution is 7.25. The average Bonchev–Trinajstić information content (AvgIpc) is 3.64. The fraction of sp³-hybridized carbons (Fsp3) is 0. The van der Waals surface area contributed by atoms with Gasteiger partial charge in [-0.05, 0) is 108 Å². The van der Waals surface area contributed by atoms with E-state index in [2.05, 4.69) is 217 Å². The molecule has 0 aliphatic carbocycles. The molecule has 262 valence electrons. The van der Waals surface area contributed by atoms with Gasteiger partial charge in [0.15, 0.2) is 0 Å². The van der Waals surface area contributed by atoms with Crippen LogP contribution in [0.2, 0.25) is 0 Å². The molecule has 0 aliphatic rings. The number of benzene rings is 10. The van der Waals surface area contributed by atoms with Gasteiger partial charge in [-0.25, -0.2) is 0 Å². The zero-order chi connectivity index (χ0) is 37.0. The summed E-state index contributed by atoms with van der Waals surface area (Å²) in [6.07, 6.45) is 0. The summed E-state index contributed by atoms with van der Waals surface area (Å²) in [7, 11) is 0. The maximum atomic E-state index is 2.42. The van der Waals surface area contributed by atoms with Gasteiger partial charge in [0.25, 0.3) is 0 Å². The fourth-order valence-electron chi connectivity index (χ4n) is 8.71. The maximum absolute atomic E-state index is 2.42. The minimum Gasteiger partial charge on any atom is -0.310 e. The number of nitrogens with zero attached hydrogens (tertiary/aromatic N) is 1. The normalized spacial score (nSPS) is 11.6. The first-order valence-corrected chi connectivity index (χ1v) is 20.0. The quantitative estimate of drug-likeness (QED) is 0.154. The number of hydrogen-bond acceptors (Lipinski definition) is 2. The Balaban J connectivity index is 1.13. The van der Waals surface area contributed by atoms with Crippen molar-refractivity contribution in [2.75, 3.05) is 4.90 Å². The summed E-state index contributed by atoms with van der Waals surface area (Å²) >= 11 is 1.86. The van der Waals surface area contributed by atoms with Crippen molar-refractivity contribution in [2.45, 2.75) is 0 Å². The molecule has 1 heterocycles. The van der Waals surface area contributed by atoms with Crippen molar-refractivity contribution in [1.29, 1.82) is 0 Å². The van der Waals surface area contributed by atoms with E-state index in [-0.39, 0.29) is 0 Å². The first-order valence-electron chi connectivity index (χ1n) is 19.2. The predicted octanol–water partition coefficient (Wildman–Crippen LogP) is 16.0. The SMILES string of the molecule is c1ccc(-c2c(-c3cccc(N(c4ccc(-c5cccc6ccccc56)cc4)c4ccc5c(c4)sc4ccccc45)c3)c3ccccc3c3ccccc23)cc1. The number of anilines is 3. The summed E-state index contributed by atoms with van der Waals surface area (Å²) in [6.45, 7) is 0. The zero-order valence-electron chi connectivity index (χ0n) is 30.6. The summed E-state index contributed by atoms with van der Waals surface area (Å²) < 4.78 is 2.59.